The predicted octanol–water partition coefficient (Wildman–Crippen LogP) is 3.66. The maximum absolute atomic E-state index is 12.6. The average Bonchev–Trinajstić information content (AvgIpc) is 3.16. The van der Waals surface area contributed by atoms with Crippen LogP contribution in [0.2, 0.25) is 5.02 Å². The van der Waals surface area contributed by atoms with Crippen LogP contribution in [0.3, 0.4) is 0 Å². The van der Waals surface area contributed by atoms with Crippen LogP contribution in [0.5, 0.6) is 5.75 Å². The van der Waals surface area contributed by atoms with Crippen molar-refractivity contribution < 1.29 is 14.3 Å². The third-order valence-corrected chi connectivity index (χ3v) is 4.75. The molecule has 3 rings (SSSR count). The van der Waals surface area contributed by atoms with Gasteiger partial charge in [-0.1, -0.05) is 29.8 Å². The molecule has 1 saturated heterocycles. The molecule has 27 heavy (non-hydrogen) atoms. The van der Waals surface area contributed by atoms with Crippen LogP contribution in [0.4, 0.5) is 10.5 Å². The maximum atomic E-state index is 12.6. The Morgan fingerprint density at radius 3 is 2.70 bits per heavy atom. The molecular weight excluding hydrogens is 366 g/mol. The van der Waals surface area contributed by atoms with Gasteiger partial charge in [0.05, 0.1) is 7.11 Å². The van der Waals surface area contributed by atoms with Gasteiger partial charge in [-0.3, -0.25) is 4.79 Å². The highest BCUT2D eigenvalue weighted by molar-refractivity contribution is 6.30. The molecule has 1 aliphatic rings. The molecule has 0 aliphatic carbocycles. The fraction of sp³-hybridized carbons (Fsp3) is 0.300. The molecule has 1 aliphatic heterocycles. The summed E-state index contributed by atoms with van der Waals surface area (Å²) in [6.07, 6.45) is 1.45. The molecule has 1 atom stereocenters. The molecule has 0 bridgehead atoms. The number of rotatable bonds is 5. The minimum Gasteiger partial charge on any atom is -0.497 e. The van der Waals surface area contributed by atoms with Gasteiger partial charge in [0.25, 0.3) is 0 Å². The second kappa shape index (κ2) is 8.77. The van der Waals surface area contributed by atoms with Crippen LogP contribution < -0.4 is 15.4 Å². The van der Waals surface area contributed by atoms with E-state index in [2.05, 4.69) is 10.6 Å². The van der Waals surface area contributed by atoms with Gasteiger partial charge in [-0.25, -0.2) is 4.79 Å². The van der Waals surface area contributed by atoms with Crippen LogP contribution in [-0.2, 0) is 11.3 Å². The molecule has 6 nitrogen and oxygen atoms in total. The largest absolute Gasteiger partial charge is 0.497 e. The Bertz CT molecular complexity index is 810. The fourth-order valence-corrected chi connectivity index (χ4v) is 3.28. The highest BCUT2D eigenvalue weighted by Gasteiger charge is 2.34. The van der Waals surface area contributed by atoms with Crippen molar-refractivity contribution in [3.05, 3.63) is 59.1 Å². The van der Waals surface area contributed by atoms with E-state index in [0.29, 0.717) is 30.2 Å². The number of nitrogens with zero attached hydrogens (tertiary/aromatic N) is 1. The molecule has 142 valence electrons. The minimum absolute atomic E-state index is 0.149. The van der Waals surface area contributed by atoms with Gasteiger partial charge in [0, 0.05) is 23.8 Å². The molecule has 0 spiro atoms. The Morgan fingerprint density at radius 1 is 1.22 bits per heavy atom. The zero-order chi connectivity index (χ0) is 19.2. The van der Waals surface area contributed by atoms with E-state index in [1.54, 1.807) is 36.3 Å². The first kappa shape index (κ1) is 19.0. The highest BCUT2D eigenvalue weighted by Crippen LogP contribution is 2.21. The number of nitrogens with one attached hydrogen (secondary N) is 2. The number of ether oxygens (including phenoxy) is 1. The zero-order valence-electron chi connectivity index (χ0n) is 15.1. The number of amides is 3. The number of hydrogen-bond donors (Lipinski definition) is 2. The number of carbonyl (C=O) groups is 2. The lowest BCUT2D eigenvalue weighted by molar-refractivity contribution is -0.124. The van der Waals surface area contributed by atoms with Crippen molar-refractivity contribution >= 4 is 29.2 Å². The van der Waals surface area contributed by atoms with E-state index < -0.39 is 6.04 Å². The molecule has 0 aromatic heterocycles. The molecule has 0 saturated carbocycles. The zero-order valence-corrected chi connectivity index (χ0v) is 15.8. The quantitative estimate of drug-likeness (QED) is 0.822. The van der Waals surface area contributed by atoms with Crippen molar-refractivity contribution in [3.8, 4) is 5.75 Å². The van der Waals surface area contributed by atoms with Crippen LogP contribution >= 0.6 is 11.6 Å². The Kier molecular flexibility index (Phi) is 6.19. The van der Waals surface area contributed by atoms with Gasteiger partial charge in [0.1, 0.15) is 11.8 Å². The van der Waals surface area contributed by atoms with Crippen molar-refractivity contribution in [2.75, 3.05) is 19.0 Å². The summed E-state index contributed by atoms with van der Waals surface area (Å²) < 4.78 is 5.13. The average molecular weight is 388 g/mol. The van der Waals surface area contributed by atoms with E-state index in [-0.39, 0.29) is 11.9 Å². The normalized spacial score (nSPS) is 16.1. The van der Waals surface area contributed by atoms with E-state index in [4.69, 9.17) is 16.3 Å². The van der Waals surface area contributed by atoms with Crippen molar-refractivity contribution in [1.29, 1.82) is 0 Å². The summed E-state index contributed by atoms with van der Waals surface area (Å²) in [5.74, 6) is 0.620. The molecule has 1 heterocycles. The van der Waals surface area contributed by atoms with E-state index in [9.17, 15) is 9.59 Å². The van der Waals surface area contributed by atoms with E-state index in [1.807, 2.05) is 24.3 Å². The Morgan fingerprint density at radius 2 is 2.00 bits per heavy atom. The minimum atomic E-state index is -0.470. The van der Waals surface area contributed by atoms with Crippen LogP contribution in [0, 0.1) is 0 Å². The Labute approximate surface area is 163 Å². The third kappa shape index (κ3) is 4.92. The third-order valence-electron chi connectivity index (χ3n) is 4.52. The van der Waals surface area contributed by atoms with Gasteiger partial charge in [-0.05, 0) is 48.7 Å². The molecule has 7 heteroatoms. The monoisotopic (exact) mass is 387 g/mol. The first-order valence-corrected chi connectivity index (χ1v) is 9.18. The number of carbonyl (C=O) groups excluding carboxylic acids is 2. The van der Waals surface area contributed by atoms with Crippen molar-refractivity contribution in [2.45, 2.75) is 25.4 Å². The van der Waals surface area contributed by atoms with E-state index in [1.165, 1.54) is 0 Å². The lowest BCUT2D eigenvalue weighted by Crippen LogP contribution is -2.47. The smallest absolute Gasteiger partial charge is 0.322 e. The molecule has 3 amide bonds. The van der Waals surface area contributed by atoms with Crippen LogP contribution in [-0.4, -0.2) is 36.5 Å². The summed E-state index contributed by atoms with van der Waals surface area (Å²) >= 11 is 5.95. The van der Waals surface area contributed by atoms with E-state index >= 15 is 0 Å². The van der Waals surface area contributed by atoms with Gasteiger partial charge in [-0.2, -0.15) is 0 Å². The summed E-state index contributed by atoms with van der Waals surface area (Å²) in [7, 11) is 1.61. The van der Waals surface area contributed by atoms with Crippen molar-refractivity contribution in [2.24, 2.45) is 0 Å². The first-order chi connectivity index (χ1) is 13.1. The molecular formula is C20H22ClN3O3. The number of methoxy groups -OCH3 is 1. The molecule has 0 unspecified atom stereocenters. The molecule has 2 N–H and O–H groups in total. The van der Waals surface area contributed by atoms with Gasteiger partial charge in [0.15, 0.2) is 0 Å². The van der Waals surface area contributed by atoms with Crippen LogP contribution in [0.15, 0.2) is 48.5 Å². The number of likely N-dealkylation sites (tertiary alicyclic amines) is 1. The number of hydrogen-bond acceptors (Lipinski definition) is 3. The van der Waals surface area contributed by atoms with Crippen LogP contribution in [0.25, 0.3) is 0 Å². The standard InChI is InChI=1S/C20H22ClN3O3/c1-27-17-9-7-14(8-10-17)13-22-19(25)18-6-3-11-24(18)20(26)23-16-5-2-4-15(21)12-16/h2,4-5,7-10,12,18H,3,6,11,13H2,1H3,(H,22,25)(H,23,26)/t18-/m0/s1. The highest BCUT2D eigenvalue weighted by atomic mass is 35.5. The van der Waals surface area contributed by atoms with Gasteiger partial charge >= 0.3 is 6.03 Å². The topological polar surface area (TPSA) is 70.7 Å². The maximum Gasteiger partial charge on any atom is 0.322 e. The van der Waals surface area contributed by atoms with Crippen molar-refractivity contribution in [3.63, 3.8) is 0 Å². The first-order valence-electron chi connectivity index (χ1n) is 8.80. The van der Waals surface area contributed by atoms with Crippen LogP contribution in [0.1, 0.15) is 18.4 Å². The summed E-state index contributed by atoms with van der Waals surface area (Å²) in [4.78, 5) is 26.7. The number of urea groups is 1. The number of halogens is 1. The Balaban J connectivity index is 1.57. The summed E-state index contributed by atoms with van der Waals surface area (Å²) in [6, 6.07) is 13.7. The second-order valence-electron chi connectivity index (χ2n) is 6.36. The number of benzene rings is 2. The van der Waals surface area contributed by atoms with Crippen molar-refractivity contribution in [1.82, 2.24) is 10.2 Å². The predicted molar refractivity (Wildman–Crippen MR) is 105 cm³/mol. The van der Waals surface area contributed by atoms with Gasteiger partial charge in [0.2, 0.25) is 5.91 Å². The van der Waals surface area contributed by atoms with E-state index in [0.717, 1.165) is 17.7 Å². The number of anilines is 1. The lowest BCUT2D eigenvalue weighted by atomic mass is 10.2. The summed E-state index contributed by atoms with van der Waals surface area (Å²) in [6.45, 7) is 0.954. The molecule has 0 radical (unpaired) electrons. The lowest BCUT2D eigenvalue weighted by Gasteiger charge is -2.24. The van der Waals surface area contributed by atoms with Gasteiger partial charge < -0.3 is 20.3 Å². The summed E-state index contributed by atoms with van der Waals surface area (Å²) in [5, 5.41) is 6.26. The molecule has 1 fully saturated rings. The molecule has 2 aromatic rings. The Hall–Kier alpha value is -2.73. The second-order valence-corrected chi connectivity index (χ2v) is 6.79. The fourth-order valence-electron chi connectivity index (χ4n) is 3.09. The SMILES string of the molecule is COc1ccc(CNC(=O)[C@@H]2CCCN2C(=O)Nc2cccc(Cl)c2)cc1. The summed E-state index contributed by atoms with van der Waals surface area (Å²) in [5.41, 5.74) is 1.58. The molecule has 2 aromatic carbocycles. The van der Waals surface area contributed by atoms with Gasteiger partial charge in [-0.15, -0.1) is 0 Å².